The second-order valence-corrected chi connectivity index (χ2v) is 6.26. The first-order valence-electron chi connectivity index (χ1n) is 8.01. The summed E-state index contributed by atoms with van der Waals surface area (Å²) < 4.78 is 25.4. The van der Waals surface area contributed by atoms with Crippen molar-refractivity contribution in [3.8, 4) is 0 Å². The second-order valence-electron chi connectivity index (χ2n) is 6.26. The first-order valence-corrected chi connectivity index (χ1v) is 8.01. The molecule has 5 heteroatoms. The first-order chi connectivity index (χ1) is 11.9. The van der Waals surface area contributed by atoms with Crippen LogP contribution in [0.5, 0.6) is 0 Å². The van der Waals surface area contributed by atoms with Gasteiger partial charge >= 0.3 is 0 Å². The van der Waals surface area contributed by atoms with Crippen LogP contribution in [-0.4, -0.2) is 17.3 Å². The lowest BCUT2D eigenvalue weighted by molar-refractivity contribution is -0.119. The van der Waals surface area contributed by atoms with Gasteiger partial charge < -0.3 is 0 Å². The molecule has 2 aliphatic carbocycles. The van der Waals surface area contributed by atoms with Crippen molar-refractivity contribution < 1.29 is 23.2 Å². The molecule has 0 radical (unpaired) electrons. The van der Waals surface area contributed by atoms with Crippen molar-refractivity contribution in [2.24, 2.45) is 5.92 Å². The maximum atomic E-state index is 12.8. The third kappa shape index (κ3) is 3.40. The Labute approximate surface area is 143 Å². The van der Waals surface area contributed by atoms with Crippen molar-refractivity contribution in [3.63, 3.8) is 0 Å². The minimum Gasteiger partial charge on any atom is -0.299 e. The summed E-state index contributed by atoms with van der Waals surface area (Å²) in [7, 11) is 0. The van der Waals surface area contributed by atoms with Gasteiger partial charge in [-0.1, -0.05) is 0 Å². The molecule has 0 bridgehead atoms. The SMILES string of the molecule is CC(=O)C1Cc2cc(F)ccc2C1=O.O=C1CCc2cc(F)ccc21. The summed E-state index contributed by atoms with van der Waals surface area (Å²) in [5.74, 6) is -1.38. The number of carbonyl (C=O) groups is 3. The Bertz CT molecular complexity index is 887. The topological polar surface area (TPSA) is 51.2 Å². The van der Waals surface area contributed by atoms with Crippen LogP contribution >= 0.6 is 0 Å². The number of rotatable bonds is 1. The standard InChI is InChI=1S/C11H9FO2.C9H7FO/c1-6(13)10-5-7-4-8(12)2-3-9(7)11(10)14;10-7-2-3-8-6(5-7)1-4-9(8)11/h2-4,10H,5H2,1H3;2-3,5H,1,4H2. The summed E-state index contributed by atoms with van der Waals surface area (Å²) in [6.45, 7) is 1.39. The lowest BCUT2D eigenvalue weighted by Crippen LogP contribution is -2.17. The van der Waals surface area contributed by atoms with Gasteiger partial charge in [-0.05, 0) is 67.3 Å². The van der Waals surface area contributed by atoms with Crippen LogP contribution in [0.25, 0.3) is 0 Å². The molecule has 2 aliphatic rings. The van der Waals surface area contributed by atoms with E-state index in [1.165, 1.54) is 37.3 Å². The van der Waals surface area contributed by atoms with Gasteiger partial charge in [0, 0.05) is 17.5 Å². The summed E-state index contributed by atoms with van der Waals surface area (Å²) in [6, 6.07) is 8.38. The minimum absolute atomic E-state index is 0.139. The molecular weight excluding hydrogens is 326 g/mol. The van der Waals surface area contributed by atoms with E-state index in [0.717, 1.165) is 5.56 Å². The van der Waals surface area contributed by atoms with Gasteiger partial charge in [-0.15, -0.1) is 0 Å². The summed E-state index contributed by atoms with van der Waals surface area (Å²) in [4.78, 5) is 33.8. The van der Waals surface area contributed by atoms with E-state index in [1.807, 2.05) is 0 Å². The van der Waals surface area contributed by atoms with Gasteiger partial charge in [-0.25, -0.2) is 8.78 Å². The fourth-order valence-electron chi connectivity index (χ4n) is 3.22. The molecule has 0 fully saturated rings. The molecule has 128 valence electrons. The Morgan fingerprint density at radius 3 is 2.16 bits per heavy atom. The maximum Gasteiger partial charge on any atom is 0.173 e. The minimum atomic E-state index is -0.591. The maximum absolute atomic E-state index is 12.8. The number of ketones is 3. The molecule has 0 aromatic heterocycles. The zero-order chi connectivity index (χ0) is 18.1. The van der Waals surface area contributed by atoms with Gasteiger partial charge in [0.2, 0.25) is 0 Å². The van der Waals surface area contributed by atoms with E-state index in [0.29, 0.717) is 36.0 Å². The van der Waals surface area contributed by atoms with Crippen LogP contribution in [-0.2, 0) is 17.6 Å². The number of hydrogen-bond donors (Lipinski definition) is 0. The second kappa shape index (κ2) is 6.67. The number of fused-ring (bicyclic) bond motifs is 2. The van der Waals surface area contributed by atoms with Gasteiger partial charge in [0.25, 0.3) is 0 Å². The molecule has 3 nitrogen and oxygen atoms in total. The number of hydrogen-bond acceptors (Lipinski definition) is 3. The molecule has 0 saturated carbocycles. The van der Waals surface area contributed by atoms with E-state index in [2.05, 4.69) is 0 Å². The molecule has 25 heavy (non-hydrogen) atoms. The van der Waals surface area contributed by atoms with Crippen molar-refractivity contribution in [2.75, 3.05) is 0 Å². The average molecular weight is 342 g/mol. The summed E-state index contributed by atoms with van der Waals surface area (Å²) in [5.41, 5.74) is 2.70. The summed E-state index contributed by atoms with van der Waals surface area (Å²) in [5, 5.41) is 0. The molecule has 1 unspecified atom stereocenters. The van der Waals surface area contributed by atoms with Gasteiger partial charge in [-0.3, -0.25) is 14.4 Å². The zero-order valence-corrected chi connectivity index (χ0v) is 13.6. The molecule has 2 aromatic carbocycles. The van der Waals surface area contributed by atoms with E-state index >= 15 is 0 Å². The van der Waals surface area contributed by atoms with Crippen LogP contribution in [0.15, 0.2) is 36.4 Å². The number of halogens is 2. The molecular formula is C20H16F2O3. The van der Waals surface area contributed by atoms with Crippen molar-refractivity contribution in [1.82, 2.24) is 0 Å². The highest BCUT2D eigenvalue weighted by molar-refractivity contribution is 6.13. The molecule has 0 aliphatic heterocycles. The Balaban J connectivity index is 0.000000150. The van der Waals surface area contributed by atoms with E-state index in [9.17, 15) is 23.2 Å². The molecule has 2 aromatic rings. The average Bonchev–Trinajstić information content (AvgIpc) is 3.08. The summed E-state index contributed by atoms with van der Waals surface area (Å²) >= 11 is 0. The van der Waals surface area contributed by atoms with E-state index < -0.39 is 5.92 Å². The highest BCUT2D eigenvalue weighted by Crippen LogP contribution is 2.27. The number of carbonyl (C=O) groups excluding carboxylic acids is 3. The highest BCUT2D eigenvalue weighted by Gasteiger charge is 2.33. The highest BCUT2D eigenvalue weighted by atomic mass is 19.1. The van der Waals surface area contributed by atoms with Crippen molar-refractivity contribution in [3.05, 3.63) is 70.3 Å². The van der Waals surface area contributed by atoms with Crippen LogP contribution in [0.1, 0.15) is 45.2 Å². The molecule has 0 heterocycles. The predicted molar refractivity (Wildman–Crippen MR) is 87.7 cm³/mol. The molecule has 0 saturated heterocycles. The van der Waals surface area contributed by atoms with Gasteiger partial charge in [0.05, 0.1) is 5.92 Å². The Kier molecular flexibility index (Phi) is 4.57. The van der Waals surface area contributed by atoms with Gasteiger partial charge in [0.15, 0.2) is 11.6 Å². The van der Waals surface area contributed by atoms with Gasteiger partial charge in [0.1, 0.15) is 17.4 Å². The zero-order valence-electron chi connectivity index (χ0n) is 13.6. The lowest BCUT2D eigenvalue weighted by atomic mass is 10.0. The largest absolute Gasteiger partial charge is 0.299 e. The third-order valence-corrected chi connectivity index (χ3v) is 4.55. The van der Waals surface area contributed by atoms with E-state index in [-0.39, 0.29) is 29.0 Å². The number of aryl methyl sites for hydroxylation is 1. The quantitative estimate of drug-likeness (QED) is 0.742. The third-order valence-electron chi connectivity index (χ3n) is 4.55. The number of Topliss-reactive ketones (excluding diaryl/α,β-unsaturated/α-hetero) is 3. The molecule has 1 atom stereocenters. The van der Waals surface area contributed by atoms with Crippen LogP contribution in [0.4, 0.5) is 8.78 Å². The smallest absolute Gasteiger partial charge is 0.173 e. The van der Waals surface area contributed by atoms with Crippen LogP contribution in [0, 0.1) is 17.6 Å². The Morgan fingerprint density at radius 1 is 0.920 bits per heavy atom. The lowest BCUT2D eigenvalue weighted by Gasteiger charge is -1.99. The number of benzene rings is 2. The predicted octanol–water partition coefficient (Wildman–Crippen LogP) is 3.72. The van der Waals surface area contributed by atoms with E-state index in [1.54, 1.807) is 6.07 Å². The van der Waals surface area contributed by atoms with Crippen molar-refractivity contribution >= 4 is 17.3 Å². The fourth-order valence-corrected chi connectivity index (χ4v) is 3.22. The molecule has 0 amide bonds. The van der Waals surface area contributed by atoms with Crippen LogP contribution in [0.3, 0.4) is 0 Å². The monoisotopic (exact) mass is 342 g/mol. The van der Waals surface area contributed by atoms with E-state index in [4.69, 9.17) is 0 Å². The Morgan fingerprint density at radius 2 is 1.52 bits per heavy atom. The van der Waals surface area contributed by atoms with Crippen LogP contribution < -0.4 is 0 Å². The summed E-state index contributed by atoms with van der Waals surface area (Å²) in [6.07, 6.45) is 1.59. The fraction of sp³-hybridized carbons (Fsp3) is 0.250. The normalized spacial score (nSPS) is 17.6. The van der Waals surface area contributed by atoms with Crippen molar-refractivity contribution in [1.29, 1.82) is 0 Å². The van der Waals surface area contributed by atoms with Crippen LogP contribution in [0.2, 0.25) is 0 Å². The molecule has 4 rings (SSSR count). The molecule has 0 N–H and O–H groups in total. The Hall–Kier alpha value is -2.69. The van der Waals surface area contributed by atoms with Gasteiger partial charge in [-0.2, -0.15) is 0 Å². The van der Waals surface area contributed by atoms with Crippen molar-refractivity contribution in [2.45, 2.75) is 26.2 Å². The molecule has 0 spiro atoms. The first kappa shape index (κ1) is 17.1.